The Kier molecular flexibility index (Phi) is 3.82. The lowest BCUT2D eigenvalue weighted by Crippen LogP contribution is -2.46. The van der Waals surface area contributed by atoms with Crippen LogP contribution in [-0.4, -0.2) is 50.9 Å². The van der Waals surface area contributed by atoms with Gasteiger partial charge in [0.1, 0.15) is 11.9 Å². The van der Waals surface area contributed by atoms with Crippen LogP contribution in [0.5, 0.6) is 0 Å². The molecule has 2 aromatic rings. The highest BCUT2D eigenvalue weighted by atomic mass is 32.2. The van der Waals surface area contributed by atoms with Gasteiger partial charge in [0.25, 0.3) is 0 Å². The Morgan fingerprint density at radius 3 is 3.09 bits per heavy atom. The van der Waals surface area contributed by atoms with Crippen LogP contribution < -0.4 is 0 Å². The number of thioether (sulfide) groups is 1. The molecule has 4 rings (SSSR count). The Morgan fingerprint density at radius 2 is 2.30 bits per heavy atom. The molecule has 1 fully saturated rings. The molecular weight excluding hydrogens is 312 g/mol. The van der Waals surface area contributed by atoms with Crippen LogP contribution in [0.1, 0.15) is 23.3 Å². The quantitative estimate of drug-likeness (QED) is 0.908. The summed E-state index contributed by atoms with van der Waals surface area (Å²) in [7, 11) is 0. The minimum Gasteiger partial charge on any atom is -0.366 e. The van der Waals surface area contributed by atoms with Crippen molar-refractivity contribution in [2.24, 2.45) is 0 Å². The van der Waals surface area contributed by atoms with Gasteiger partial charge < -0.3 is 9.64 Å². The molecule has 0 radical (unpaired) electrons. The van der Waals surface area contributed by atoms with Crippen LogP contribution in [0.15, 0.2) is 29.2 Å². The molecule has 0 unspecified atom stereocenters. The molecule has 1 aromatic heterocycles. The zero-order chi connectivity index (χ0) is 15.8. The van der Waals surface area contributed by atoms with E-state index in [2.05, 4.69) is 27.3 Å². The SMILES string of the molecule is Cc1nc([C@H]2CN(C(=O)[C@H]3Cc4ccccc4S3)CCO2)n[nH]1. The maximum Gasteiger partial charge on any atom is 0.236 e. The van der Waals surface area contributed by atoms with Gasteiger partial charge in [0.15, 0.2) is 5.82 Å². The molecule has 1 amide bonds. The van der Waals surface area contributed by atoms with E-state index >= 15 is 0 Å². The van der Waals surface area contributed by atoms with Crippen molar-refractivity contribution in [1.29, 1.82) is 0 Å². The Bertz CT molecular complexity index is 707. The van der Waals surface area contributed by atoms with E-state index in [1.54, 1.807) is 11.8 Å². The number of H-pyrrole nitrogens is 1. The number of rotatable bonds is 2. The fraction of sp³-hybridized carbons (Fsp3) is 0.438. The molecule has 23 heavy (non-hydrogen) atoms. The van der Waals surface area contributed by atoms with Gasteiger partial charge in [-0.1, -0.05) is 18.2 Å². The highest BCUT2D eigenvalue weighted by Crippen LogP contribution is 2.38. The van der Waals surface area contributed by atoms with Crippen LogP contribution in [0.4, 0.5) is 0 Å². The number of amides is 1. The van der Waals surface area contributed by atoms with E-state index in [4.69, 9.17) is 4.74 Å². The first kappa shape index (κ1) is 14.7. The van der Waals surface area contributed by atoms with Gasteiger partial charge >= 0.3 is 0 Å². The lowest BCUT2D eigenvalue weighted by atomic mass is 10.1. The number of nitrogens with one attached hydrogen (secondary N) is 1. The summed E-state index contributed by atoms with van der Waals surface area (Å²) in [5.74, 6) is 1.57. The molecule has 7 heteroatoms. The van der Waals surface area contributed by atoms with E-state index in [0.29, 0.717) is 25.5 Å². The number of benzene rings is 1. The molecule has 1 aromatic carbocycles. The number of hydrogen-bond acceptors (Lipinski definition) is 5. The van der Waals surface area contributed by atoms with Gasteiger partial charge in [0.05, 0.1) is 18.4 Å². The minimum atomic E-state index is -0.244. The molecule has 0 aliphatic carbocycles. The third-order valence-corrected chi connectivity index (χ3v) is 5.51. The lowest BCUT2D eigenvalue weighted by Gasteiger charge is -2.33. The van der Waals surface area contributed by atoms with E-state index in [1.807, 2.05) is 24.0 Å². The zero-order valence-corrected chi connectivity index (χ0v) is 13.7. The van der Waals surface area contributed by atoms with Gasteiger partial charge in [-0.25, -0.2) is 4.98 Å². The van der Waals surface area contributed by atoms with Gasteiger partial charge in [-0.05, 0) is 25.0 Å². The van der Waals surface area contributed by atoms with Crippen LogP contribution >= 0.6 is 11.8 Å². The second kappa shape index (κ2) is 5.98. The Balaban J connectivity index is 1.45. The predicted octanol–water partition coefficient (Wildman–Crippen LogP) is 1.73. The molecule has 0 bridgehead atoms. The maximum absolute atomic E-state index is 12.9. The fourth-order valence-corrected chi connectivity index (χ4v) is 4.31. The maximum atomic E-state index is 12.9. The summed E-state index contributed by atoms with van der Waals surface area (Å²) in [5.41, 5.74) is 1.27. The van der Waals surface area contributed by atoms with Crippen LogP contribution in [0.2, 0.25) is 0 Å². The van der Waals surface area contributed by atoms with Crippen molar-refractivity contribution in [3.05, 3.63) is 41.5 Å². The smallest absolute Gasteiger partial charge is 0.236 e. The molecule has 2 atom stereocenters. The molecule has 2 aliphatic rings. The summed E-state index contributed by atoms with van der Waals surface area (Å²) in [5, 5.41) is 6.96. The second-order valence-corrected chi connectivity index (χ2v) is 7.09. The van der Waals surface area contributed by atoms with Gasteiger partial charge in [-0.3, -0.25) is 9.89 Å². The number of hydrogen-bond donors (Lipinski definition) is 1. The monoisotopic (exact) mass is 330 g/mol. The number of aromatic amines is 1. The highest BCUT2D eigenvalue weighted by molar-refractivity contribution is 8.01. The molecule has 6 nitrogen and oxygen atoms in total. The van der Waals surface area contributed by atoms with Crippen LogP contribution in [-0.2, 0) is 16.0 Å². The van der Waals surface area contributed by atoms with Crippen molar-refractivity contribution in [2.75, 3.05) is 19.7 Å². The van der Waals surface area contributed by atoms with E-state index in [-0.39, 0.29) is 17.3 Å². The molecule has 3 heterocycles. The van der Waals surface area contributed by atoms with E-state index in [0.717, 1.165) is 12.2 Å². The van der Waals surface area contributed by atoms with Crippen molar-refractivity contribution in [2.45, 2.75) is 29.6 Å². The standard InChI is InChI=1S/C16H18N4O2S/c1-10-17-15(19-18-10)12-9-20(6-7-22-12)16(21)14-8-11-4-2-3-5-13(11)23-14/h2-5,12,14H,6-9H2,1H3,(H,17,18,19)/t12-,14-/m1/s1. The molecular formula is C16H18N4O2S. The molecule has 0 spiro atoms. The van der Waals surface area contributed by atoms with Crippen molar-refractivity contribution in [3.63, 3.8) is 0 Å². The Morgan fingerprint density at radius 1 is 1.43 bits per heavy atom. The van der Waals surface area contributed by atoms with E-state index in [9.17, 15) is 4.79 Å². The molecule has 2 aliphatic heterocycles. The topological polar surface area (TPSA) is 71.1 Å². The van der Waals surface area contributed by atoms with Gasteiger partial charge in [0, 0.05) is 11.4 Å². The van der Waals surface area contributed by atoms with Crippen molar-refractivity contribution < 1.29 is 9.53 Å². The van der Waals surface area contributed by atoms with Crippen LogP contribution in [0, 0.1) is 6.92 Å². The number of fused-ring (bicyclic) bond motifs is 1. The number of aromatic nitrogens is 3. The second-order valence-electron chi connectivity index (χ2n) is 5.84. The van der Waals surface area contributed by atoms with Crippen molar-refractivity contribution >= 4 is 17.7 Å². The van der Waals surface area contributed by atoms with E-state index in [1.165, 1.54) is 10.5 Å². The number of aryl methyl sites for hydroxylation is 1. The highest BCUT2D eigenvalue weighted by Gasteiger charge is 2.35. The van der Waals surface area contributed by atoms with E-state index < -0.39 is 0 Å². The van der Waals surface area contributed by atoms with Gasteiger partial charge in [0.2, 0.25) is 5.91 Å². The number of carbonyl (C=O) groups is 1. The zero-order valence-electron chi connectivity index (χ0n) is 12.9. The summed E-state index contributed by atoms with van der Waals surface area (Å²) in [6.07, 6.45) is 0.563. The summed E-state index contributed by atoms with van der Waals surface area (Å²) < 4.78 is 5.74. The van der Waals surface area contributed by atoms with Crippen molar-refractivity contribution in [3.8, 4) is 0 Å². The van der Waals surface area contributed by atoms with Crippen LogP contribution in [0.25, 0.3) is 0 Å². The summed E-state index contributed by atoms with van der Waals surface area (Å²) in [4.78, 5) is 20.3. The number of ether oxygens (including phenoxy) is 1. The normalized spacial score (nSPS) is 23.8. The average Bonchev–Trinajstić information content (AvgIpc) is 3.20. The molecule has 1 N–H and O–H groups in total. The van der Waals surface area contributed by atoms with Crippen LogP contribution in [0.3, 0.4) is 0 Å². The minimum absolute atomic E-state index is 0.0278. The number of morpholine rings is 1. The van der Waals surface area contributed by atoms with Gasteiger partial charge in [-0.15, -0.1) is 11.8 Å². The van der Waals surface area contributed by atoms with Gasteiger partial charge in [-0.2, -0.15) is 5.10 Å². The third-order valence-electron chi connectivity index (χ3n) is 4.20. The number of carbonyl (C=O) groups excluding carboxylic acids is 1. The average molecular weight is 330 g/mol. The first-order chi connectivity index (χ1) is 11.2. The molecule has 0 saturated carbocycles. The first-order valence-corrected chi connectivity index (χ1v) is 8.62. The fourth-order valence-electron chi connectivity index (χ4n) is 3.03. The molecule has 1 saturated heterocycles. The summed E-state index contributed by atoms with van der Waals surface area (Å²) >= 11 is 1.67. The summed E-state index contributed by atoms with van der Waals surface area (Å²) in [6.45, 7) is 3.53. The summed E-state index contributed by atoms with van der Waals surface area (Å²) in [6, 6.07) is 8.25. The molecule has 120 valence electrons. The Hall–Kier alpha value is -1.86. The predicted molar refractivity (Wildman–Crippen MR) is 86.2 cm³/mol. The lowest BCUT2D eigenvalue weighted by molar-refractivity contribution is -0.138. The number of nitrogens with zero attached hydrogens (tertiary/aromatic N) is 3. The Labute approximate surface area is 138 Å². The largest absolute Gasteiger partial charge is 0.366 e. The van der Waals surface area contributed by atoms with Crippen molar-refractivity contribution in [1.82, 2.24) is 20.1 Å². The third kappa shape index (κ3) is 2.86. The first-order valence-electron chi connectivity index (χ1n) is 7.74.